The fourth-order valence-electron chi connectivity index (χ4n) is 4.30. The maximum absolute atomic E-state index is 14.7. The summed E-state index contributed by atoms with van der Waals surface area (Å²) in [6.07, 6.45) is 5.79. The molecule has 0 amide bonds. The van der Waals surface area contributed by atoms with E-state index in [9.17, 15) is 8.78 Å². The average Bonchev–Trinajstić information content (AvgIpc) is 3.39. The number of ether oxygens (including phenoxy) is 1. The van der Waals surface area contributed by atoms with Gasteiger partial charge in [-0.15, -0.1) is 0 Å². The second-order valence-corrected chi connectivity index (χ2v) is 8.26. The predicted octanol–water partition coefficient (Wildman–Crippen LogP) is 5.15. The summed E-state index contributed by atoms with van der Waals surface area (Å²) in [4.78, 5) is 16.0. The molecule has 2 aromatic carbocycles. The Kier molecular flexibility index (Phi) is 6.31. The van der Waals surface area contributed by atoms with E-state index in [1.165, 1.54) is 18.9 Å². The normalized spacial score (nSPS) is 14.0. The lowest BCUT2D eigenvalue weighted by Crippen LogP contribution is -2.25. The van der Waals surface area contributed by atoms with Gasteiger partial charge in [0.15, 0.2) is 17.5 Å². The third-order valence-corrected chi connectivity index (χ3v) is 6.05. The van der Waals surface area contributed by atoms with Gasteiger partial charge >= 0.3 is 0 Å². The summed E-state index contributed by atoms with van der Waals surface area (Å²) in [5, 5.41) is 3.77. The van der Waals surface area contributed by atoms with Crippen molar-refractivity contribution < 1.29 is 13.5 Å². The summed E-state index contributed by atoms with van der Waals surface area (Å²) in [5.41, 5.74) is 2.02. The van der Waals surface area contributed by atoms with Crippen LogP contribution in [0.4, 0.5) is 14.6 Å². The van der Waals surface area contributed by atoms with Gasteiger partial charge in [-0.2, -0.15) is 0 Å². The number of nitrogens with one attached hydrogen (secondary N) is 1. The molecule has 0 unspecified atom stereocenters. The van der Waals surface area contributed by atoms with Crippen LogP contribution in [0, 0.1) is 11.6 Å². The van der Waals surface area contributed by atoms with Crippen LogP contribution in [0.15, 0.2) is 54.9 Å². The second kappa shape index (κ2) is 9.69. The van der Waals surface area contributed by atoms with E-state index in [4.69, 9.17) is 9.72 Å². The third kappa shape index (κ3) is 4.41. The SMILES string of the molecule is CNc1nc(-c2cccnc2)nc2c(OCCN3CCCC3)cc(-c3cccc(F)c3F)cc12. The van der Waals surface area contributed by atoms with E-state index in [0.29, 0.717) is 40.5 Å². The van der Waals surface area contributed by atoms with Crippen LogP contribution in [0.3, 0.4) is 0 Å². The molecule has 4 aromatic rings. The summed E-state index contributed by atoms with van der Waals surface area (Å²) in [6, 6.07) is 11.4. The number of benzene rings is 2. The zero-order valence-electron chi connectivity index (χ0n) is 18.9. The number of nitrogens with zero attached hydrogens (tertiary/aromatic N) is 4. The highest BCUT2D eigenvalue weighted by Gasteiger charge is 2.19. The summed E-state index contributed by atoms with van der Waals surface area (Å²) >= 11 is 0. The van der Waals surface area contributed by atoms with Crippen LogP contribution < -0.4 is 10.1 Å². The number of fused-ring (bicyclic) bond motifs is 1. The summed E-state index contributed by atoms with van der Waals surface area (Å²) in [7, 11) is 1.76. The lowest BCUT2D eigenvalue weighted by Gasteiger charge is -2.18. The molecule has 0 saturated carbocycles. The lowest BCUT2D eigenvalue weighted by molar-refractivity contribution is 0.239. The number of aromatic nitrogens is 3. The minimum Gasteiger partial charge on any atom is -0.490 e. The van der Waals surface area contributed by atoms with Crippen LogP contribution in [0.5, 0.6) is 5.75 Å². The molecule has 1 N–H and O–H groups in total. The van der Waals surface area contributed by atoms with Gasteiger partial charge in [0, 0.05) is 42.5 Å². The van der Waals surface area contributed by atoms with E-state index in [2.05, 4.69) is 20.2 Å². The van der Waals surface area contributed by atoms with Crippen LogP contribution >= 0.6 is 0 Å². The van der Waals surface area contributed by atoms with Gasteiger partial charge in [0.05, 0.1) is 0 Å². The van der Waals surface area contributed by atoms with Crippen LogP contribution in [0.1, 0.15) is 12.8 Å². The largest absolute Gasteiger partial charge is 0.490 e. The molecule has 0 atom stereocenters. The highest BCUT2D eigenvalue weighted by molar-refractivity contribution is 5.97. The molecule has 0 bridgehead atoms. The summed E-state index contributed by atoms with van der Waals surface area (Å²) in [5.74, 6) is -0.236. The molecule has 174 valence electrons. The quantitative estimate of drug-likeness (QED) is 0.411. The highest BCUT2D eigenvalue weighted by Crippen LogP contribution is 2.37. The maximum Gasteiger partial charge on any atom is 0.166 e. The molecule has 1 fully saturated rings. The minimum atomic E-state index is -0.899. The van der Waals surface area contributed by atoms with Crippen LogP contribution in [0.25, 0.3) is 33.4 Å². The van der Waals surface area contributed by atoms with Crippen LogP contribution in [0.2, 0.25) is 0 Å². The van der Waals surface area contributed by atoms with Crippen LogP contribution in [-0.4, -0.2) is 53.1 Å². The Labute approximate surface area is 196 Å². The van der Waals surface area contributed by atoms with Crippen molar-refractivity contribution in [2.24, 2.45) is 0 Å². The predicted molar refractivity (Wildman–Crippen MR) is 129 cm³/mol. The minimum absolute atomic E-state index is 0.157. The van der Waals surface area contributed by atoms with Crippen molar-refractivity contribution in [3.05, 3.63) is 66.5 Å². The Bertz CT molecular complexity index is 1310. The van der Waals surface area contributed by atoms with Gasteiger partial charge in [-0.25, -0.2) is 18.7 Å². The molecule has 8 heteroatoms. The number of hydrogen-bond acceptors (Lipinski definition) is 6. The van der Waals surface area contributed by atoms with E-state index in [1.54, 1.807) is 37.6 Å². The Hall–Kier alpha value is -3.65. The van der Waals surface area contributed by atoms with E-state index in [-0.39, 0.29) is 5.56 Å². The van der Waals surface area contributed by atoms with Crippen molar-refractivity contribution in [2.45, 2.75) is 12.8 Å². The van der Waals surface area contributed by atoms with Gasteiger partial charge in [-0.05, 0) is 61.8 Å². The zero-order valence-corrected chi connectivity index (χ0v) is 18.9. The first-order valence-electron chi connectivity index (χ1n) is 11.4. The molecule has 1 aliphatic heterocycles. The van der Waals surface area contributed by atoms with Gasteiger partial charge < -0.3 is 10.1 Å². The number of anilines is 1. The maximum atomic E-state index is 14.7. The van der Waals surface area contributed by atoms with Crippen molar-refractivity contribution in [3.63, 3.8) is 0 Å². The molecule has 0 aliphatic carbocycles. The van der Waals surface area contributed by atoms with E-state index < -0.39 is 11.6 Å². The monoisotopic (exact) mass is 461 g/mol. The second-order valence-electron chi connectivity index (χ2n) is 8.26. The smallest absolute Gasteiger partial charge is 0.166 e. The third-order valence-electron chi connectivity index (χ3n) is 6.05. The Morgan fingerprint density at radius 1 is 1.03 bits per heavy atom. The van der Waals surface area contributed by atoms with Crippen molar-refractivity contribution >= 4 is 16.7 Å². The van der Waals surface area contributed by atoms with Gasteiger partial charge in [-0.1, -0.05) is 12.1 Å². The first kappa shape index (κ1) is 22.2. The topological polar surface area (TPSA) is 63.2 Å². The molecule has 6 nitrogen and oxygen atoms in total. The van der Waals surface area contributed by atoms with E-state index in [0.717, 1.165) is 31.3 Å². The van der Waals surface area contributed by atoms with Gasteiger partial charge in [0.25, 0.3) is 0 Å². The average molecular weight is 462 g/mol. The number of rotatable bonds is 7. The van der Waals surface area contributed by atoms with E-state index in [1.807, 2.05) is 12.1 Å². The standard InChI is InChI=1S/C26H25F2N5O/c1-29-26-20-14-18(19-7-4-8-21(27)23(19)28)15-22(34-13-12-33-10-2-3-11-33)24(20)31-25(32-26)17-6-5-9-30-16-17/h4-9,14-16H,2-3,10-13H2,1H3,(H,29,31,32). The fourth-order valence-corrected chi connectivity index (χ4v) is 4.30. The first-order valence-corrected chi connectivity index (χ1v) is 11.4. The molecule has 1 aliphatic rings. The van der Waals surface area contributed by atoms with E-state index >= 15 is 0 Å². The first-order chi connectivity index (χ1) is 16.6. The number of likely N-dealkylation sites (tertiary alicyclic amines) is 1. The molecule has 0 spiro atoms. The molecule has 2 aromatic heterocycles. The lowest BCUT2D eigenvalue weighted by atomic mass is 10.0. The number of halogens is 2. The summed E-state index contributed by atoms with van der Waals surface area (Å²) in [6.45, 7) is 3.39. The highest BCUT2D eigenvalue weighted by atomic mass is 19.2. The fraction of sp³-hybridized carbons (Fsp3) is 0.269. The van der Waals surface area contributed by atoms with Crippen molar-refractivity contribution in [1.82, 2.24) is 19.9 Å². The molecular formula is C26H25F2N5O. The molecule has 0 radical (unpaired) electrons. The zero-order chi connectivity index (χ0) is 23.5. The molecular weight excluding hydrogens is 436 g/mol. The Balaban J connectivity index is 1.63. The Morgan fingerprint density at radius 3 is 2.65 bits per heavy atom. The molecule has 34 heavy (non-hydrogen) atoms. The summed E-state index contributed by atoms with van der Waals surface area (Å²) < 4.78 is 34.9. The van der Waals surface area contributed by atoms with Gasteiger partial charge in [0.1, 0.15) is 23.7 Å². The van der Waals surface area contributed by atoms with Crippen molar-refractivity contribution in [3.8, 4) is 28.3 Å². The number of pyridine rings is 1. The van der Waals surface area contributed by atoms with Crippen LogP contribution in [-0.2, 0) is 0 Å². The number of hydrogen-bond donors (Lipinski definition) is 1. The van der Waals surface area contributed by atoms with Crippen molar-refractivity contribution in [1.29, 1.82) is 0 Å². The molecule has 1 saturated heterocycles. The van der Waals surface area contributed by atoms with Crippen molar-refractivity contribution in [2.75, 3.05) is 38.6 Å². The van der Waals surface area contributed by atoms with Gasteiger partial charge in [-0.3, -0.25) is 9.88 Å². The van der Waals surface area contributed by atoms with Gasteiger partial charge in [0.2, 0.25) is 0 Å². The molecule has 5 rings (SSSR count). The molecule has 3 heterocycles. The Morgan fingerprint density at radius 2 is 1.88 bits per heavy atom.